The number of carbonyl (C=O) groups excluding carboxylic acids is 1. The molecule has 5 nitrogen and oxygen atoms in total. The molecule has 0 radical (unpaired) electrons. The molecule has 9 heteroatoms. The van der Waals surface area contributed by atoms with Crippen molar-refractivity contribution in [1.82, 2.24) is 9.88 Å². The largest absolute Gasteiger partial charge is 0.416 e. The zero-order chi connectivity index (χ0) is 19.3. The van der Waals surface area contributed by atoms with Gasteiger partial charge in [0.1, 0.15) is 0 Å². The maximum atomic E-state index is 12.7. The van der Waals surface area contributed by atoms with Crippen LogP contribution in [0.1, 0.15) is 16.8 Å². The maximum Gasteiger partial charge on any atom is 0.416 e. The molecule has 0 atom stereocenters. The van der Waals surface area contributed by atoms with Crippen LogP contribution >= 0.6 is 11.3 Å². The van der Waals surface area contributed by atoms with Crippen molar-refractivity contribution in [2.24, 2.45) is 0 Å². The smallest absolute Gasteiger partial charge is 0.379 e. The minimum atomic E-state index is -4.41. The SMILES string of the molecule is O=C(C=Cc1cccc(C(F)(F)F)c1)Nc1nc(CN2CCOCC2)cs1. The number of hydrogen-bond acceptors (Lipinski definition) is 5. The number of rotatable bonds is 5. The van der Waals surface area contributed by atoms with Crippen molar-refractivity contribution in [1.29, 1.82) is 0 Å². The standard InChI is InChI=1S/C18H18F3N3O2S/c19-18(20,21)14-3-1-2-13(10-14)4-5-16(25)23-17-22-15(12-27-17)11-24-6-8-26-9-7-24/h1-5,10,12H,6-9,11H2,(H,22,23,25). The predicted octanol–water partition coefficient (Wildman–Crippen LogP) is 3.65. The van der Waals surface area contributed by atoms with Crippen molar-refractivity contribution >= 4 is 28.5 Å². The Balaban J connectivity index is 1.55. The molecule has 1 aromatic carbocycles. The van der Waals surface area contributed by atoms with Gasteiger partial charge < -0.3 is 4.74 Å². The Bertz CT molecular complexity index is 814. The molecule has 1 amide bonds. The molecule has 0 bridgehead atoms. The first kappa shape index (κ1) is 19.5. The molecule has 0 spiro atoms. The van der Waals surface area contributed by atoms with E-state index in [-0.39, 0.29) is 0 Å². The van der Waals surface area contributed by atoms with Crippen LogP contribution in [0.3, 0.4) is 0 Å². The molecular weight excluding hydrogens is 379 g/mol. The summed E-state index contributed by atoms with van der Waals surface area (Å²) in [6.45, 7) is 3.79. The number of alkyl halides is 3. The number of thiazole rings is 1. The van der Waals surface area contributed by atoms with Crippen LogP contribution in [0.4, 0.5) is 18.3 Å². The molecule has 144 valence electrons. The molecule has 1 aromatic heterocycles. The van der Waals surface area contributed by atoms with Gasteiger partial charge in [0.15, 0.2) is 5.13 Å². The lowest BCUT2D eigenvalue weighted by atomic mass is 10.1. The van der Waals surface area contributed by atoms with Gasteiger partial charge in [-0.05, 0) is 23.8 Å². The van der Waals surface area contributed by atoms with Crippen LogP contribution < -0.4 is 5.32 Å². The van der Waals surface area contributed by atoms with Crippen molar-refractivity contribution < 1.29 is 22.7 Å². The first-order valence-corrected chi connectivity index (χ1v) is 9.19. The first-order valence-electron chi connectivity index (χ1n) is 8.31. The third-order valence-electron chi connectivity index (χ3n) is 3.91. The average Bonchev–Trinajstić information content (AvgIpc) is 3.07. The van der Waals surface area contributed by atoms with Crippen LogP contribution in [0.25, 0.3) is 6.08 Å². The number of carbonyl (C=O) groups is 1. The molecule has 0 unspecified atom stereocenters. The highest BCUT2D eigenvalue weighted by Gasteiger charge is 2.30. The molecule has 1 fully saturated rings. The Kier molecular flexibility index (Phi) is 6.25. The van der Waals surface area contributed by atoms with Gasteiger partial charge in [0.2, 0.25) is 5.91 Å². The van der Waals surface area contributed by atoms with Crippen LogP contribution in [0.2, 0.25) is 0 Å². The topological polar surface area (TPSA) is 54.5 Å². The summed E-state index contributed by atoms with van der Waals surface area (Å²) in [7, 11) is 0. The number of nitrogens with zero attached hydrogens (tertiary/aromatic N) is 2. The quantitative estimate of drug-likeness (QED) is 0.783. The van der Waals surface area contributed by atoms with E-state index in [1.165, 1.54) is 35.6 Å². The number of anilines is 1. The van der Waals surface area contributed by atoms with Crippen LogP contribution in [0, 0.1) is 0 Å². The van der Waals surface area contributed by atoms with E-state index in [2.05, 4.69) is 15.2 Å². The third-order valence-corrected chi connectivity index (χ3v) is 4.72. The monoisotopic (exact) mass is 397 g/mol. The molecule has 1 aliphatic heterocycles. The number of nitrogens with one attached hydrogen (secondary N) is 1. The Labute approximate surface area is 158 Å². The number of benzene rings is 1. The van der Waals surface area contributed by atoms with Crippen molar-refractivity contribution in [2.75, 3.05) is 31.6 Å². The van der Waals surface area contributed by atoms with E-state index < -0.39 is 17.6 Å². The lowest BCUT2D eigenvalue weighted by molar-refractivity contribution is -0.137. The zero-order valence-electron chi connectivity index (χ0n) is 14.3. The molecule has 1 aliphatic rings. The first-order chi connectivity index (χ1) is 12.9. The molecule has 3 rings (SSSR count). The van der Waals surface area contributed by atoms with Crippen molar-refractivity contribution in [2.45, 2.75) is 12.7 Å². The zero-order valence-corrected chi connectivity index (χ0v) is 15.1. The number of morpholine rings is 1. The maximum absolute atomic E-state index is 12.7. The second-order valence-electron chi connectivity index (χ2n) is 5.98. The van der Waals surface area contributed by atoms with Gasteiger partial charge in [-0.15, -0.1) is 11.3 Å². The van der Waals surface area contributed by atoms with E-state index in [1.807, 2.05) is 5.38 Å². The summed E-state index contributed by atoms with van der Waals surface area (Å²) in [5.74, 6) is -0.445. The van der Waals surface area contributed by atoms with Crippen molar-refractivity contribution in [3.8, 4) is 0 Å². The Morgan fingerprint density at radius 1 is 1.33 bits per heavy atom. The summed E-state index contributed by atoms with van der Waals surface area (Å²) in [4.78, 5) is 18.6. The van der Waals surface area contributed by atoms with E-state index >= 15 is 0 Å². The van der Waals surface area contributed by atoms with E-state index in [0.717, 1.165) is 30.9 Å². The van der Waals surface area contributed by atoms with Gasteiger partial charge in [-0.2, -0.15) is 13.2 Å². The van der Waals surface area contributed by atoms with Gasteiger partial charge >= 0.3 is 6.18 Å². The number of aromatic nitrogens is 1. The highest BCUT2D eigenvalue weighted by atomic mass is 32.1. The van der Waals surface area contributed by atoms with Gasteiger partial charge in [-0.3, -0.25) is 15.0 Å². The van der Waals surface area contributed by atoms with E-state index in [1.54, 1.807) is 0 Å². The van der Waals surface area contributed by atoms with Crippen LogP contribution in [0.5, 0.6) is 0 Å². The highest BCUT2D eigenvalue weighted by Crippen LogP contribution is 2.29. The van der Waals surface area contributed by atoms with E-state index in [9.17, 15) is 18.0 Å². The fourth-order valence-corrected chi connectivity index (χ4v) is 3.27. The Hall–Kier alpha value is -2.23. The fourth-order valence-electron chi connectivity index (χ4n) is 2.56. The molecule has 0 saturated carbocycles. The van der Waals surface area contributed by atoms with Crippen LogP contribution in [-0.2, 0) is 22.3 Å². The number of amides is 1. The second kappa shape index (κ2) is 8.64. The molecule has 1 N–H and O–H groups in total. The van der Waals surface area contributed by atoms with Gasteiger partial charge in [-0.1, -0.05) is 12.1 Å². The molecule has 2 aromatic rings. The van der Waals surface area contributed by atoms with Gasteiger partial charge in [0.05, 0.1) is 24.5 Å². The summed E-state index contributed by atoms with van der Waals surface area (Å²) < 4.78 is 43.4. The average molecular weight is 397 g/mol. The Morgan fingerprint density at radius 2 is 2.11 bits per heavy atom. The molecule has 0 aliphatic carbocycles. The minimum absolute atomic E-state index is 0.298. The van der Waals surface area contributed by atoms with Crippen molar-refractivity contribution in [3.63, 3.8) is 0 Å². The Morgan fingerprint density at radius 3 is 2.85 bits per heavy atom. The summed E-state index contributed by atoms with van der Waals surface area (Å²) >= 11 is 1.31. The summed E-state index contributed by atoms with van der Waals surface area (Å²) in [5, 5.41) is 4.96. The summed E-state index contributed by atoms with van der Waals surface area (Å²) in [6, 6.07) is 4.79. The molecule has 2 heterocycles. The fraction of sp³-hybridized carbons (Fsp3) is 0.333. The van der Waals surface area contributed by atoms with E-state index in [0.29, 0.717) is 30.5 Å². The van der Waals surface area contributed by atoms with Crippen LogP contribution in [0.15, 0.2) is 35.7 Å². The van der Waals surface area contributed by atoms with Crippen molar-refractivity contribution in [3.05, 3.63) is 52.5 Å². The lowest BCUT2D eigenvalue weighted by Crippen LogP contribution is -2.35. The predicted molar refractivity (Wildman–Crippen MR) is 97.3 cm³/mol. The van der Waals surface area contributed by atoms with Gasteiger partial charge in [-0.25, -0.2) is 4.98 Å². The van der Waals surface area contributed by atoms with Crippen LogP contribution in [-0.4, -0.2) is 42.1 Å². The summed E-state index contributed by atoms with van der Waals surface area (Å²) in [6.07, 6.45) is -1.88. The number of hydrogen-bond donors (Lipinski definition) is 1. The van der Waals surface area contributed by atoms with Gasteiger partial charge in [0, 0.05) is 31.1 Å². The number of ether oxygens (including phenoxy) is 1. The molecule has 27 heavy (non-hydrogen) atoms. The van der Waals surface area contributed by atoms with Gasteiger partial charge in [0.25, 0.3) is 0 Å². The minimum Gasteiger partial charge on any atom is -0.379 e. The molecule has 1 saturated heterocycles. The third kappa shape index (κ3) is 5.88. The number of halogens is 3. The normalized spacial score (nSPS) is 16.0. The van der Waals surface area contributed by atoms with E-state index in [4.69, 9.17) is 4.74 Å². The molecular formula is C18H18F3N3O2S. The second-order valence-corrected chi connectivity index (χ2v) is 6.84. The summed E-state index contributed by atoms with van der Waals surface area (Å²) in [5.41, 5.74) is 0.406. The lowest BCUT2D eigenvalue weighted by Gasteiger charge is -2.25. The highest BCUT2D eigenvalue weighted by molar-refractivity contribution is 7.13.